The number of rotatable bonds is 3. The second-order valence-corrected chi connectivity index (χ2v) is 3.48. The maximum Gasteiger partial charge on any atom is 0.170 e. The van der Waals surface area contributed by atoms with Gasteiger partial charge in [0.25, 0.3) is 0 Å². The third kappa shape index (κ3) is 2.15. The van der Waals surface area contributed by atoms with E-state index in [0.717, 1.165) is 5.56 Å². The average molecular weight is 200 g/mol. The molecule has 0 aliphatic rings. The lowest BCUT2D eigenvalue weighted by Crippen LogP contribution is -2.03. The summed E-state index contributed by atoms with van der Waals surface area (Å²) in [6.07, 6.45) is 1.98. The first-order valence-corrected chi connectivity index (χ1v) is 4.88. The summed E-state index contributed by atoms with van der Waals surface area (Å²) in [5.41, 5.74) is 1.71. The van der Waals surface area contributed by atoms with Crippen molar-refractivity contribution in [3.8, 4) is 0 Å². The molecular formula is C13H12O2. The Hall–Kier alpha value is -1.83. The van der Waals surface area contributed by atoms with Crippen molar-refractivity contribution in [2.45, 2.75) is 13.3 Å². The maximum absolute atomic E-state index is 11.8. The van der Waals surface area contributed by atoms with Crippen molar-refractivity contribution in [2.75, 3.05) is 0 Å². The lowest BCUT2D eigenvalue weighted by atomic mass is 10.0. The van der Waals surface area contributed by atoms with E-state index in [9.17, 15) is 4.79 Å². The number of hydrogen-bond donors (Lipinski definition) is 0. The van der Waals surface area contributed by atoms with Crippen LogP contribution < -0.4 is 0 Å². The molecule has 0 fully saturated rings. The van der Waals surface area contributed by atoms with Gasteiger partial charge in [-0.15, -0.1) is 0 Å². The van der Waals surface area contributed by atoms with Crippen molar-refractivity contribution < 1.29 is 9.21 Å². The van der Waals surface area contributed by atoms with Crippen LogP contribution in [0.1, 0.15) is 21.7 Å². The van der Waals surface area contributed by atoms with Gasteiger partial charge in [-0.2, -0.15) is 0 Å². The lowest BCUT2D eigenvalue weighted by Gasteiger charge is -1.99. The highest BCUT2D eigenvalue weighted by Gasteiger charge is 2.11. The molecule has 2 aromatic rings. The van der Waals surface area contributed by atoms with Crippen LogP contribution in [0, 0.1) is 6.92 Å². The van der Waals surface area contributed by atoms with E-state index in [4.69, 9.17) is 4.42 Å². The number of aryl methyl sites for hydroxylation is 1. The van der Waals surface area contributed by atoms with E-state index in [0.29, 0.717) is 17.7 Å². The first kappa shape index (κ1) is 9.71. The topological polar surface area (TPSA) is 30.2 Å². The number of carbonyl (C=O) groups excluding carboxylic acids is 1. The Morgan fingerprint density at radius 3 is 2.53 bits per heavy atom. The van der Waals surface area contributed by atoms with Gasteiger partial charge < -0.3 is 4.42 Å². The van der Waals surface area contributed by atoms with Crippen LogP contribution in [-0.4, -0.2) is 5.78 Å². The Morgan fingerprint density at radius 2 is 1.93 bits per heavy atom. The quantitative estimate of drug-likeness (QED) is 0.713. The zero-order chi connectivity index (χ0) is 10.7. The Bertz CT molecular complexity index is 454. The minimum absolute atomic E-state index is 0.104. The molecule has 0 N–H and O–H groups in total. The molecule has 0 radical (unpaired) electrons. The standard InChI is InChI=1S/C13H12O2/c1-10-12(7-8-15-10)13(14)9-11-5-3-2-4-6-11/h2-8H,9H2,1H3. The van der Waals surface area contributed by atoms with Gasteiger partial charge in [-0.05, 0) is 18.6 Å². The fourth-order valence-corrected chi connectivity index (χ4v) is 1.55. The van der Waals surface area contributed by atoms with Gasteiger partial charge in [-0.3, -0.25) is 4.79 Å². The summed E-state index contributed by atoms with van der Waals surface area (Å²) < 4.78 is 5.10. The van der Waals surface area contributed by atoms with Gasteiger partial charge in [0, 0.05) is 6.42 Å². The van der Waals surface area contributed by atoms with E-state index in [1.807, 2.05) is 30.3 Å². The predicted octanol–water partition coefficient (Wildman–Crippen LogP) is 3.01. The van der Waals surface area contributed by atoms with Gasteiger partial charge in [0.1, 0.15) is 5.76 Å². The summed E-state index contributed by atoms with van der Waals surface area (Å²) in [6, 6.07) is 11.4. The molecule has 0 saturated heterocycles. The molecule has 0 amide bonds. The van der Waals surface area contributed by atoms with Gasteiger partial charge in [0.15, 0.2) is 5.78 Å². The van der Waals surface area contributed by atoms with Crippen LogP contribution in [0.4, 0.5) is 0 Å². The van der Waals surface area contributed by atoms with Gasteiger partial charge in [-0.1, -0.05) is 30.3 Å². The third-order valence-corrected chi connectivity index (χ3v) is 2.37. The van der Waals surface area contributed by atoms with E-state index in [-0.39, 0.29) is 5.78 Å². The van der Waals surface area contributed by atoms with Crippen LogP contribution in [0.5, 0.6) is 0 Å². The van der Waals surface area contributed by atoms with Gasteiger partial charge in [0.2, 0.25) is 0 Å². The second-order valence-electron chi connectivity index (χ2n) is 3.48. The van der Waals surface area contributed by atoms with Gasteiger partial charge >= 0.3 is 0 Å². The fraction of sp³-hybridized carbons (Fsp3) is 0.154. The molecule has 76 valence electrons. The summed E-state index contributed by atoms with van der Waals surface area (Å²) in [4.78, 5) is 11.8. The average Bonchev–Trinajstić information content (AvgIpc) is 2.66. The Kier molecular flexibility index (Phi) is 2.68. The first-order chi connectivity index (χ1) is 7.27. The molecule has 15 heavy (non-hydrogen) atoms. The number of carbonyl (C=O) groups is 1. The zero-order valence-corrected chi connectivity index (χ0v) is 8.57. The summed E-state index contributed by atoms with van der Waals surface area (Å²) in [5.74, 6) is 0.795. The summed E-state index contributed by atoms with van der Waals surface area (Å²) >= 11 is 0. The van der Waals surface area contributed by atoms with Crippen molar-refractivity contribution in [1.29, 1.82) is 0 Å². The molecule has 0 aliphatic heterocycles. The molecule has 0 bridgehead atoms. The summed E-state index contributed by atoms with van der Waals surface area (Å²) in [5, 5.41) is 0. The first-order valence-electron chi connectivity index (χ1n) is 4.88. The molecule has 0 unspecified atom stereocenters. The summed E-state index contributed by atoms with van der Waals surface area (Å²) in [7, 11) is 0. The van der Waals surface area contributed by atoms with Gasteiger partial charge in [-0.25, -0.2) is 0 Å². The largest absolute Gasteiger partial charge is 0.469 e. The molecule has 2 rings (SSSR count). The van der Waals surface area contributed by atoms with Crippen LogP contribution >= 0.6 is 0 Å². The SMILES string of the molecule is Cc1occc1C(=O)Cc1ccccc1. The van der Waals surface area contributed by atoms with Crippen LogP contribution in [0.25, 0.3) is 0 Å². The smallest absolute Gasteiger partial charge is 0.170 e. The van der Waals surface area contributed by atoms with Crippen molar-refractivity contribution >= 4 is 5.78 Å². The molecule has 1 aromatic heterocycles. The van der Waals surface area contributed by atoms with Crippen molar-refractivity contribution in [1.82, 2.24) is 0 Å². The normalized spacial score (nSPS) is 10.2. The Balaban J connectivity index is 2.15. The maximum atomic E-state index is 11.8. The van der Waals surface area contributed by atoms with Gasteiger partial charge in [0.05, 0.1) is 11.8 Å². The molecule has 2 heteroatoms. The molecular weight excluding hydrogens is 188 g/mol. The van der Waals surface area contributed by atoms with E-state index >= 15 is 0 Å². The monoisotopic (exact) mass is 200 g/mol. The van der Waals surface area contributed by atoms with Crippen molar-refractivity contribution in [3.05, 3.63) is 59.5 Å². The molecule has 1 heterocycles. The number of ketones is 1. The van der Waals surface area contributed by atoms with E-state index < -0.39 is 0 Å². The van der Waals surface area contributed by atoms with E-state index in [1.165, 1.54) is 0 Å². The number of furan rings is 1. The van der Waals surface area contributed by atoms with Crippen LogP contribution in [0.15, 0.2) is 47.1 Å². The molecule has 0 atom stereocenters. The van der Waals surface area contributed by atoms with E-state index in [2.05, 4.69) is 0 Å². The number of benzene rings is 1. The van der Waals surface area contributed by atoms with E-state index in [1.54, 1.807) is 19.3 Å². The number of hydrogen-bond acceptors (Lipinski definition) is 2. The Labute approximate surface area is 88.5 Å². The highest BCUT2D eigenvalue weighted by Crippen LogP contribution is 2.12. The molecule has 0 saturated carbocycles. The minimum Gasteiger partial charge on any atom is -0.469 e. The van der Waals surface area contributed by atoms with Crippen molar-refractivity contribution in [2.24, 2.45) is 0 Å². The highest BCUT2D eigenvalue weighted by molar-refractivity contribution is 5.98. The molecule has 1 aromatic carbocycles. The van der Waals surface area contributed by atoms with Crippen LogP contribution in [0.3, 0.4) is 0 Å². The predicted molar refractivity (Wildman–Crippen MR) is 57.9 cm³/mol. The number of Topliss-reactive ketones (excluding diaryl/α,β-unsaturated/α-hetero) is 1. The third-order valence-electron chi connectivity index (χ3n) is 2.37. The second kappa shape index (κ2) is 4.13. The molecule has 0 spiro atoms. The molecule has 0 aliphatic carbocycles. The molecule has 2 nitrogen and oxygen atoms in total. The van der Waals surface area contributed by atoms with Crippen LogP contribution in [-0.2, 0) is 6.42 Å². The fourth-order valence-electron chi connectivity index (χ4n) is 1.55. The highest BCUT2D eigenvalue weighted by atomic mass is 16.3. The zero-order valence-electron chi connectivity index (χ0n) is 8.57. The minimum atomic E-state index is 0.104. The van der Waals surface area contributed by atoms with Crippen LogP contribution in [0.2, 0.25) is 0 Å². The van der Waals surface area contributed by atoms with Crippen molar-refractivity contribution in [3.63, 3.8) is 0 Å². The lowest BCUT2D eigenvalue weighted by molar-refractivity contribution is 0.0991. The summed E-state index contributed by atoms with van der Waals surface area (Å²) in [6.45, 7) is 1.80. The Morgan fingerprint density at radius 1 is 1.20 bits per heavy atom.